The van der Waals surface area contributed by atoms with Crippen molar-refractivity contribution in [3.8, 4) is 0 Å². The predicted octanol–water partition coefficient (Wildman–Crippen LogP) is -0.301. The molecular weight excluding hydrogens is 184 g/mol. The van der Waals surface area contributed by atoms with Crippen LogP contribution in [0.4, 0.5) is 0 Å². The van der Waals surface area contributed by atoms with Gasteiger partial charge in [0, 0.05) is 18.5 Å². The summed E-state index contributed by atoms with van der Waals surface area (Å²) in [6, 6.07) is -0.517. The minimum Gasteiger partial charge on any atom is -0.463 e. The molecule has 80 valence electrons. The number of esters is 1. The van der Waals surface area contributed by atoms with Crippen LogP contribution in [0, 0.1) is 0 Å². The number of ether oxygens (including phenoxy) is 1. The summed E-state index contributed by atoms with van der Waals surface area (Å²) in [4.78, 5) is 21.5. The van der Waals surface area contributed by atoms with Gasteiger partial charge in [-0.3, -0.25) is 4.79 Å². The summed E-state index contributed by atoms with van der Waals surface area (Å²) in [6.07, 6.45) is 1.30. The number of hydrogen-bond donors (Lipinski definition) is 2. The minimum atomic E-state index is -0.517. The van der Waals surface area contributed by atoms with Gasteiger partial charge in [-0.1, -0.05) is 0 Å². The number of nitrogens with two attached hydrogens (primary N) is 2. The first-order valence-corrected chi connectivity index (χ1v) is 4.36. The Morgan fingerprint density at radius 3 is 2.50 bits per heavy atom. The summed E-state index contributed by atoms with van der Waals surface area (Å²) in [5.41, 5.74) is 11.1. The average molecular weight is 200 g/mol. The predicted molar refractivity (Wildman–Crippen MR) is 52.2 cm³/mol. The Kier molecular flexibility index (Phi) is 5.55. The fourth-order valence-electron chi connectivity index (χ4n) is 0.855. The zero-order valence-corrected chi connectivity index (χ0v) is 8.45. The Morgan fingerprint density at radius 2 is 2.07 bits per heavy atom. The highest BCUT2D eigenvalue weighted by atomic mass is 16.5. The maximum absolute atomic E-state index is 11.0. The third kappa shape index (κ3) is 5.31. The van der Waals surface area contributed by atoms with E-state index in [4.69, 9.17) is 11.5 Å². The van der Waals surface area contributed by atoms with E-state index in [9.17, 15) is 9.59 Å². The van der Waals surface area contributed by atoms with E-state index in [1.807, 2.05) is 0 Å². The van der Waals surface area contributed by atoms with E-state index < -0.39 is 17.9 Å². The second-order valence-corrected chi connectivity index (χ2v) is 2.92. The topological polar surface area (TPSA) is 95.4 Å². The molecule has 0 spiro atoms. The number of rotatable bonds is 5. The van der Waals surface area contributed by atoms with E-state index >= 15 is 0 Å². The first kappa shape index (κ1) is 12.6. The lowest BCUT2D eigenvalue weighted by Crippen LogP contribution is -2.28. The largest absolute Gasteiger partial charge is 0.463 e. The summed E-state index contributed by atoms with van der Waals surface area (Å²) < 4.78 is 4.68. The van der Waals surface area contributed by atoms with Crippen LogP contribution in [-0.4, -0.2) is 24.5 Å². The van der Waals surface area contributed by atoms with Gasteiger partial charge in [0.1, 0.15) is 0 Å². The smallest absolute Gasteiger partial charge is 0.330 e. The quantitative estimate of drug-likeness (QED) is 0.470. The maximum Gasteiger partial charge on any atom is 0.330 e. The molecule has 0 aromatic heterocycles. The molecule has 0 aliphatic carbocycles. The molecule has 0 radical (unpaired) electrons. The molecule has 0 aliphatic rings. The molecule has 1 atom stereocenters. The van der Waals surface area contributed by atoms with Crippen molar-refractivity contribution in [3.05, 3.63) is 11.6 Å². The van der Waals surface area contributed by atoms with Crippen LogP contribution < -0.4 is 11.5 Å². The van der Waals surface area contributed by atoms with Crippen molar-refractivity contribution in [1.82, 2.24) is 0 Å². The molecule has 4 N–H and O–H groups in total. The van der Waals surface area contributed by atoms with Gasteiger partial charge in [0.2, 0.25) is 5.91 Å². The SMILES string of the molecule is CCOC(=O)/C=C(\C)C(N)CC(N)=O. The minimum absolute atomic E-state index is 0.0295. The molecule has 5 nitrogen and oxygen atoms in total. The highest BCUT2D eigenvalue weighted by molar-refractivity contribution is 5.83. The lowest BCUT2D eigenvalue weighted by Gasteiger charge is -2.09. The Balaban J connectivity index is 4.21. The van der Waals surface area contributed by atoms with Crippen molar-refractivity contribution < 1.29 is 14.3 Å². The molecule has 0 bridgehead atoms. The van der Waals surface area contributed by atoms with Gasteiger partial charge < -0.3 is 16.2 Å². The van der Waals surface area contributed by atoms with Crippen molar-refractivity contribution in [2.45, 2.75) is 26.3 Å². The molecule has 0 saturated carbocycles. The van der Waals surface area contributed by atoms with E-state index in [1.165, 1.54) is 6.08 Å². The van der Waals surface area contributed by atoms with Gasteiger partial charge in [0.05, 0.1) is 6.61 Å². The van der Waals surface area contributed by atoms with Crippen LogP contribution >= 0.6 is 0 Å². The van der Waals surface area contributed by atoms with Crippen LogP contribution in [-0.2, 0) is 14.3 Å². The van der Waals surface area contributed by atoms with Crippen LogP contribution in [0.25, 0.3) is 0 Å². The lowest BCUT2D eigenvalue weighted by atomic mass is 10.1. The van der Waals surface area contributed by atoms with E-state index in [1.54, 1.807) is 13.8 Å². The van der Waals surface area contributed by atoms with Crippen LogP contribution in [0.1, 0.15) is 20.3 Å². The number of carbonyl (C=O) groups excluding carboxylic acids is 2. The van der Waals surface area contributed by atoms with Crippen molar-refractivity contribution in [1.29, 1.82) is 0 Å². The number of hydrogen-bond acceptors (Lipinski definition) is 4. The van der Waals surface area contributed by atoms with Gasteiger partial charge in [0.25, 0.3) is 0 Å². The molecule has 14 heavy (non-hydrogen) atoms. The van der Waals surface area contributed by atoms with Crippen molar-refractivity contribution in [3.63, 3.8) is 0 Å². The number of carbonyl (C=O) groups is 2. The summed E-state index contributed by atoms with van der Waals surface area (Å²) >= 11 is 0. The molecule has 1 amide bonds. The molecule has 1 unspecified atom stereocenters. The van der Waals surface area contributed by atoms with Gasteiger partial charge in [0.15, 0.2) is 0 Å². The molecular formula is C9H16N2O3. The zero-order chi connectivity index (χ0) is 11.1. The number of primary amides is 1. The summed E-state index contributed by atoms with van der Waals surface area (Å²) in [6.45, 7) is 3.68. The molecule has 5 heteroatoms. The van der Waals surface area contributed by atoms with Gasteiger partial charge in [-0.05, 0) is 19.4 Å². The molecule has 0 rings (SSSR count). The van der Waals surface area contributed by atoms with E-state index in [0.717, 1.165) is 0 Å². The lowest BCUT2D eigenvalue weighted by molar-refractivity contribution is -0.137. The Labute approximate surface area is 83.1 Å². The third-order valence-corrected chi connectivity index (χ3v) is 1.64. The highest BCUT2D eigenvalue weighted by Gasteiger charge is 2.09. The zero-order valence-electron chi connectivity index (χ0n) is 8.45. The average Bonchev–Trinajstić information content (AvgIpc) is 2.02. The van der Waals surface area contributed by atoms with Crippen molar-refractivity contribution in [2.24, 2.45) is 11.5 Å². The van der Waals surface area contributed by atoms with Crippen LogP contribution in [0.5, 0.6) is 0 Å². The van der Waals surface area contributed by atoms with Crippen molar-refractivity contribution in [2.75, 3.05) is 6.61 Å². The Morgan fingerprint density at radius 1 is 1.50 bits per heavy atom. The fraction of sp³-hybridized carbons (Fsp3) is 0.556. The first-order valence-electron chi connectivity index (χ1n) is 4.36. The Hall–Kier alpha value is -1.36. The first-order chi connectivity index (χ1) is 6.47. The molecule has 0 aromatic carbocycles. The van der Waals surface area contributed by atoms with E-state index in [0.29, 0.717) is 12.2 Å². The monoisotopic (exact) mass is 200 g/mol. The second-order valence-electron chi connectivity index (χ2n) is 2.92. The highest BCUT2D eigenvalue weighted by Crippen LogP contribution is 2.02. The van der Waals surface area contributed by atoms with Crippen LogP contribution in [0.15, 0.2) is 11.6 Å². The van der Waals surface area contributed by atoms with Gasteiger partial charge >= 0.3 is 5.97 Å². The van der Waals surface area contributed by atoms with Crippen molar-refractivity contribution >= 4 is 11.9 Å². The van der Waals surface area contributed by atoms with Crippen LogP contribution in [0.2, 0.25) is 0 Å². The maximum atomic E-state index is 11.0. The van der Waals surface area contributed by atoms with Gasteiger partial charge in [-0.2, -0.15) is 0 Å². The second kappa shape index (κ2) is 6.15. The normalized spacial score (nSPS) is 13.5. The van der Waals surface area contributed by atoms with Crippen LogP contribution in [0.3, 0.4) is 0 Å². The van der Waals surface area contributed by atoms with E-state index in [2.05, 4.69) is 4.74 Å². The number of amides is 1. The molecule has 0 heterocycles. The van der Waals surface area contributed by atoms with E-state index in [-0.39, 0.29) is 6.42 Å². The molecule has 0 aliphatic heterocycles. The van der Waals surface area contributed by atoms with Gasteiger partial charge in [-0.15, -0.1) is 0 Å². The van der Waals surface area contributed by atoms with Gasteiger partial charge in [-0.25, -0.2) is 4.79 Å². The molecule has 0 fully saturated rings. The third-order valence-electron chi connectivity index (χ3n) is 1.64. The summed E-state index contributed by atoms with van der Waals surface area (Å²) in [5, 5.41) is 0. The Bertz CT molecular complexity index is 248. The molecule has 0 saturated heterocycles. The molecule has 0 aromatic rings. The summed E-state index contributed by atoms with van der Waals surface area (Å²) in [7, 11) is 0. The standard InChI is InChI=1S/C9H16N2O3/c1-3-14-9(13)4-6(2)7(10)5-8(11)12/h4,7H,3,5,10H2,1-2H3,(H2,11,12)/b6-4+. The fourth-order valence-corrected chi connectivity index (χ4v) is 0.855. The summed E-state index contributed by atoms with van der Waals surface area (Å²) in [5.74, 6) is -0.945.